The topological polar surface area (TPSA) is 144 Å². The van der Waals surface area contributed by atoms with Crippen LogP contribution in [-0.2, 0) is 25.9 Å². The number of aliphatic hydroxyl groups excluding tert-OH is 1. The third kappa shape index (κ3) is 12.3. The van der Waals surface area contributed by atoms with Crippen LogP contribution in [-0.4, -0.2) is 81.1 Å². The number of nitrogens with zero attached hydrogens (tertiary/aromatic N) is 1. The van der Waals surface area contributed by atoms with Crippen molar-refractivity contribution >= 4 is 22.2 Å². The highest BCUT2D eigenvalue weighted by molar-refractivity contribution is 7.89. The number of hydrogen-bond acceptors (Lipinski definition) is 8. The summed E-state index contributed by atoms with van der Waals surface area (Å²) in [5, 5.41) is 16.5. The second-order valence-electron chi connectivity index (χ2n) is 10.8. The number of benzene rings is 2. The fourth-order valence-corrected chi connectivity index (χ4v) is 5.53. The average molecular weight is 608 g/mol. The summed E-state index contributed by atoms with van der Waals surface area (Å²) in [6.45, 7) is 7.10. The maximum absolute atomic E-state index is 13.6. The van der Waals surface area contributed by atoms with Crippen LogP contribution in [0.1, 0.15) is 52.5 Å². The highest BCUT2D eigenvalue weighted by Gasteiger charge is 2.31. The Kier molecular flexibility index (Phi) is 14.1. The number of amides is 2. The second-order valence-corrected chi connectivity index (χ2v) is 12.8. The standard InChI is InChI=1S/C30H45N3O8S/c1-6-7-11-19-33(42(37,38)25-16-14-24(39-5)15-17-25)22-27(34)26(21-23-12-9-8-10-13-23)32-29(36)40-20-18-31-28(35)41-30(2,3)4/h8-10,12-17,26-27,34H,6-7,11,18-22H2,1-5H3,(H,31,35)(H,32,36)/t26-,27+/m0/s1. The number of methoxy groups -OCH3 is 1. The lowest BCUT2D eigenvalue weighted by atomic mass is 10.0. The number of aliphatic hydroxyl groups is 1. The minimum absolute atomic E-state index is 0.0273. The van der Waals surface area contributed by atoms with Gasteiger partial charge < -0.3 is 30.0 Å². The van der Waals surface area contributed by atoms with Gasteiger partial charge in [0.1, 0.15) is 18.0 Å². The fraction of sp³-hybridized carbons (Fsp3) is 0.533. The van der Waals surface area contributed by atoms with Crippen LogP contribution in [0.5, 0.6) is 5.75 Å². The van der Waals surface area contributed by atoms with Crippen LogP contribution in [0.25, 0.3) is 0 Å². The number of carbonyl (C=O) groups is 2. The molecule has 0 bridgehead atoms. The molecule has 0 spiro atoms. The molecule has 42 heavy (non-hydrogen) atoms. The van der Waals surface area contributed by atoms with E-state index in [-0.39, 0.29) is 37.6 Å². The van der Waals surface area contributed by atoms with Gasteiger partial charge in [-0.05, 0) is 63.4 Å². The molecule has 0 aliphatic heterocycles. The Balaban J connectivity index is 2.15. The molecule has 11 nitrogen and oxygen atoms in total. The van der Waals surface area contributed by atoms with E-state index in [4.69, 9.17) is 14.2 Å². The Bertz CT molecular complexity index is 1200. The molecule has 2 aromatic carbocycles. The van der Waals surface area contributed by atoms with Crippen molar-refractivity contribution in [3.8, 4) is 5.75 Å². The van der Waals surface area contributed by atoms with Gasteiger partial charge in [-0.15, -0.1) is 0 Å². The highest BCUT2D eigenvalue weighted by atomic mass is 32.2. The van der Waals surface area contributed by atoms with Crippen LogP contribution in [0.15, 0.2) is 59.5 Å². The van der Waals surface area contributed by atoms with Gasteiger partial charge in [0, 0.05) is 13.1 Å². The Morgan fingerprint density at radius 2 is 1.67 bits per heavy atom. The third-order valence-corrected chi connectivity index (χ3v) is 8.05. The molecule has 234 valence electrons. The first kappa shape index (κ1) is 34.8. The Labute approximate surface area is 249 Å². The smallest absolute Gasteiger partial charge is 0.407 e. The maximum Gasteiger partial charge on any atom is 0.407 e. The van der Waals surface area contributed by atoms with Crippen molar-refractivity contribution in [1.29, 1.82) is 0 Å². The first-order valence-electron chi connectivity index (χ1n) is 14.1. The molecule has 0 aliphatic carbocycles. The molecule has 0 saturated heterocycles. The monoisotopic (exact) mass is 607 g/mol. The maximum atomic E-state index is 13.6. The zero-order valence-electron chi connectivity index (χ0n) is 25.2. The van der Waals surface area contributed by atoms with E-state index in [0.29, 0.717) is 12.2 Å². The van der Waals surface area contributed by atoms with Gasteiger partial charge in [0.25, 0.3) is 0 Å². The van der Waals surface area contributed by atoms with Gasteiger partial charge in [-0.2, -0.15) is 4.31 Å². The van der Waals surface area contributed by atoms with E-state index in [1.165, 1.54) is 23.5 Å². The van der Waals surface area contributed by atoms with Crippen molar-refractivity contribution in [3.05, 3.63) is 60.2 Å². The number of alkyl carbamates (subject to hydrolysis) is 2. The van der Waals surface area contributed by atoms with E-state index >= 15 is 0 Å². The summed E-state index contributed by atoms with van der Waals surface area (Å²) >= 11 is 0. The largest absolute Gasteiger partial charge is 0.497 e. The molecule has 2 aromatic rings. The third-order valence-electron chi connectivity index (χ3n) is 6.17. The summed E-state index contributed by atoms with van der Waals surface area (Å²) in [5.74, 6) is 0.526. The van der Waals surface area contributed by atoms with Gasteiger partial charge in [0.2, 0.25) is 10.0 Å². The molecular weight excluding hydrogens is 562 g/mol. The lowest BCUT2D eigenvalue weighted by molar-refractivity contribution is 0.0508. The molecule has 0 fully saturated rings. The number of carbonyl (C=O) groups excluding carboxylic acids is 2. The van der Waals surface area contributed by atoms with Gasteiger partial charge in [-0.1, -0.05) is 50.1 Å². The van der Waals surface area contributed by atoms with Crippen molar-refractivity contribution in [1.82, 2.24) is 14.9 Å². The molecule has 2 rings (SSSR count). The predicted molar refractivity (Wildman–Crippen MR) is 160 cm³/mol. The normalized spacial score (nSPS) is 13.2. The molecule has 12 heteroatoms. The van der Waals surface area contributed by atoms with Crippen molar-refractivity contribution in [2.45, 2.75) is 76.0 Å². The lowest BCUT2D eigenvalue weighted by Crippen LogP contribution is -2.51. The zero-order chi connectivity index (χ0) is 31.2. The van der Waals surface area contributed by atoms with E-state index in [9.17, 15) is 23.1 Å². The quantitative estimate of drug-likeness (QED) is 0.242. The van der Waals surface area contributed by atoms with E-state index in [0.717, 1.165) is 18.4 Å². The number of sulfonamides is 1. The number of hydrogen-bond donors (Lipinski definition) is 3. The molecular formula is C30H45N3O8S. The van der Waals surface area contributed by atoms with Crippen molar-refractivity contribution < 1.29 is 37.3 Å². The first-order valence-corrected chi connectivity index (χ1v) is 15.6. The van der Waals surface area contributed by atoms with Crippen LogP contribution >= 0.6 is 0 Å². The van der Waals surface area contributed by atoms with Crippen LogP contribution in [0.2, 0.25) is 0 Å². The molecule has 0 unspecified atom stereocenters. The van der Waals surface area contributed by atoms with Crippen molar-refractivity contribution in [3.63, 3.8) is 0 Å². The summed E-state index contributed by atoms with van der Waals surface area (Å²) < 4.78 is 44.0. The van der Waals surface area contributed by atoms with Crippen LogP contribution < -0.4 is 15.4 Å². The Morgan fingerprint density at radius 3 is 2.26 bits per heavy atom. The molecule has 0 saturated carbocycles. The molecule has 2 atom stereocenters. The first-order chi connectivity index (χ1) is 19.9. The fourth-order valence-electron chi connectivity index (χ4n) is 4.04. The molecule has 0 heterocycles. The predicted octanol–water partition coefficient (Wildman–Crippen LogP) is 4.10. The van der Waals surface area contributed by atoms with Gasteiger partial charge >= 0.3 is 12.2 Å². The van der Waals surface area contributed by atoms with E-state index in [2.05, 4.69) is 10.6 Å². The lowest BCUT2D eigenvalue weighted by Gasteiger charge is -2.29. The molecule has 0 aliphatic rings. The summed E-state index contributed by atoms with van der Waals surface area (Å²) in [4.78, 5) is 24.5. The summed E-state index contributed by atoms with van der Waals surface area (Å²) in [6, 6.07) is 14.4. The SMILES string of the molecule is CCCCCN(C[C@@H](O)[C@H](Cc1ccccc1)NC(=O)OCCNC(=O)OC(C)(C)C)S(=O)(=O)c1ccc(OC)cc1. The molecule has 0 aromatic heterocycles. The van der Waals surface area contributed by atoms with E-state index in [1.54, 1.807) is 32.9 Å². The van der Waals surface area contributed by atoms with Gasteiger partial charge in [-0.25, -0.2) is 18.0 Å². The molecule has 3 N–H and O–H groups in total. The molecule has 0 radical (unpaired) electrons. The highest BCUT2D eigenvalue weighted by Crippen LogP contribution is 2.21. The van der Waals surface area contributed by atoms with E-state index < -0.39 is 40.0 Å². The average Bonchev–Trinajstić information content (AvgIpc) is 2.94. The van der Waals surface area contributed by atoms with Gasteiger partial charge in [-0.3, -0.25) is 0 Å². The number of rotatable bonds is 16. The number of nitrogens with one attached hydrogen (secondary N) is 2. The van der Waals surface area contributed by atoms with Crippen LogP contribution in [0.4, 0.5) is 9.59 Å². The zero-order valence-corrected chi connectivity index (χ0v) is 26.0. The van der Waals surface area contributed by atoms with Crippen LogP contribution in [0.3, 0.4) is 0 Å². The van der Waals surface area contributed by atoms with Crippen molar-refractivity contribution in [2.75, 3.05) is 33.4 Å². The molecule has 2 amide bonds. The minimum Gasteiger partial charge on any atom is -0.497 e. The summed E-state index contributed by atoms with van der Waals surface area (Å²) in [7, 11) is -2.45. The number of unbranched alkanes of at least 4 members (excludes halogenated alkanes) is 2. The van der Waals surface area contributed by atoms with E-state index in [1.807, 2.05) is 37.3 Å². The number of ether oxygens (including phenoxy) is 3. The summed E-state index contributed by atoms with van der Waals surface area (Å²) in [6.07, 6.45) is -0.138. The van der Waals surface area contributed by atoms with Crippen molar-refractivity contribution in [2.24, 2.45) is 0 Å². The van der Waals surface area contributed by atoms with Crippen LogP contribution in [0, 0.1) is 0 Å². The van der Waals surface area contributed by atoms with Gasteiger partial charge in [0.05, 0.1) is 30.7 Å². The second kappa shape index (κ2) is 16.9. The summed E-state index contributed by atoms with van der Waals surface area (Å²) in [5.41, 5.74) is 0.179. The van der Waals surface area contributed by atoms with Gasteiger partial charge in [0.15, 0.2) is 0 Å². The Morgan fingerprint density at radius 1 is 1.00 bits per heavy atom. The minimum atomic E-state index is -3.95. The Hall–Kier alpha value is -3.35.